The normalized spacial score (nSPS) is 10.5. The molecule has 1 aromatic heterocycles. The molecule has 0 saturated heterocycles. The number of carbonyl (C=O) groups excluding carboxylic acids is 1. The molecule has 4 nitrogen and oxygen atoms in total. The van der Waals surface area contributed by atoms with Crippen molar-refractivity contribution in [2.45, 2.75) is 27.2 Å². The summed E-state index contributed by atoms with van der Waals surface area (Å²) >= 11 is 3.37. The number of aryl methyl sites for hydroxylation is 1. The fraction of sp³-hybridized carbons (Fsp3) is 0.538. The SMILES string of the molecule is Cc1cc(Br)cnc1NCCC(=O)NCC(C)C. The van der Waals surface area contributed by atoms with Crippen molar-refractivity contribution >= 4 is 27.7 Å². The van der Waals surface area contributed by atoms with Crippen LogP contribution in [-0.4, -0.2) is 24.0 Å². The first-order valence-corrected chi connectivity index (χ1v) is 6.91. The molecule has 0 saturated carbocycles. The van der Waals surface area contributed by atoms with Gasteiger partial charge in [0.25, 0.3) is 0 Å². The molecule has 0 bridgehead atoms. The summed E-state index contributed by atoms with van der Waals surface area (Å²) in [6, 6.07) is 1.99. The first-order chi connectivity index (χ1) is 8.49. The van der Waals surface area contributed by atoms with Crippen LogP contribution in [0.1, 0.15) is 25.8 Å². The second kappa shape index (κ2) is 7.36. The summed E-state index contributed by atoms with van der Waals surface area (Å²) < 4.78 is 0.959. The third kappa shape index (κ3) is 5.49. The minimum absolute atomic E-state index is 0.0750. The molecule has 0 atom stereocenters. The van der Waals surface area contributed by atoms with Crippen LogP contribution in [0.15, 0.2) is 16.7 Å². The van der Waals surface area contributed by atoms with Crippen LogP contribution in [-0.2, 0) is 4.79 Å². The molecular formula is C13H20BrN3O. The van der Waals surface area contributed by atoms with Gasteiger partial charge in [0.2, 0.25) is 5.91 Å². The van der Waals surface area contributed by atoms with Crippen molar-refractivity contribution in [3.05, 3.63) is 22.3 Å². The van der Waals surface area contributed by atoms with Crippen LogP contribution in [0.4, 0.5) is 5.82 Å². The average Bonchev–Trinajstić information content (AvgIpc) is 2.29. The molecule has 100 valence electrons. The molecule has 1 aromatic rings. The molecule has 0 aliphatic carbocycles. The van der Waals surface area contributed by atoms with Gasteiger partial charge in [0.05, 0.1) is 0 Å². The molecule has 0 radical (unpaired) electrons. The molecule has 1 rings (SSSR count). The molecule has 0 unspecified atom stereocenters. The largest absolute Gasteiger partial charge is 0.369 e. The Balaban J connectivity index is 2.31. The number of nitrogens with zero attached hydrogens (tertiary/aromatic N) is 1. The van der Waals surface area contributed by atoms with Gasteiger partial charge < -0.3 is 10.6 Å². The van der Waals surface area contributed by atoms with Gasteiger partial charge in [-0.25, -0.2) is 4.98 Å². The molecule has 0 aromatic carbocycles. The van der Waals surface area contributed by atoms with Crippen LogP contribution in [0.2, 0.25) is 0 Å². The molecule has 0 aliphatic heterocycles. The Morgan fingerprint density at radius 3 is 2.83 bits per heavy atom. The third-order valence-electron chi connectivity index (χ3n) is 2.40. The van der Waals surface area contributed by atoms with E-state index in [9.17, 15) is 4.79 Å². The van der Waals surface area contributed by atoms with Crippen molar-refractivity contribution in [3.63, 3.8) is 0 Å². The van der Waals surface area contributed by atoms with E-state index in [1.807, 2.05) is 13.0 Å². The molecular weight excluding hydrogens is 294 g/mol. The Kier molecular flexibility index (Phi) is 6.12. The maximum absolute atomic E-state index is 11.5. The summed E-state index contributed by atoms with van der Waals surface area (Å²) in [5.74, 6) is 1.39. The van der Waals surface area contributed by atoms with Crippen molar-refractivity contribution in [2.75, 3.05) is 18.4 Å². The lowest BCUT2D eigenvalue weighted by Gasteiger charge is -2.10. The van der Waals surface area contributed by atoms with Crippen LogP contribution in [0.25, 0.3) is 0 Å². The number of anilines is 1. The van der Waals surface area contributed by atoms with E-state index in [-0.39, 0.29) is 5.91 Å². The first kappa shape index (κ1) is 15.0. The molecule has 1 amide bonds. The first-order valence-electron chi connectivity index (χ1n) is 6.11. The van der Waals surface area contributed by atoms with Gasteiger partial charge in [-0.05, 0) is 40.4 Å². The topological polar surface area (TPSA) is 54.0 Å². The zero-order valence-corrected chi connectivity index (χ0v) is 12.7. The summed E-state index contributed by atoms with van der Waals surface area (Å²) in [6.45, 7) is 7.47. The Bertz CT molecular complexity index is 407. The van der Waals surface area contributed by atoms with Gasteiger partial charge in [0.1, 0.15) is 5.82 Å². The number of halogens is 1. The Hall–Kier alpha value is -1.10. The molecule has 2 N–H and O–H groups in total. The van der Waals surface area contributed by atoms with E-state index in [2.05, 4.69) is 45.4 Å². The van der Waals surface area contributed by atoms with E-state index < -0.39 is 0 Å². The quantitative estimate of drug-likeness (QED) is 0.849. The van der Waals surface area contributed by atoms with Gasteiger partial charge in [-0.1, -0.05) is 13.8 Å². The van der Waals surface area contributed by atoms with Crippen molar-refractivity contribution < 1.29 is 4.79 Å². The Morgan fingerprint density at radius 1 is 1.50 bits per heavy atom. The van der Waals surface area contributed by atoms with E-state index in [0.29, 0.717) is 18.9 Å². The van der Waals surface area contributed by atoms with Gasteiger partial charge in [-0.15, -0.1) is 0 Å². The number of pyridine rings is 1. The predicted molar refractivity (Wildman–Crippen MR) is 77.6 cm³/mol. The van der Waals surface area contributed by atoms with E-state index in [0.717, 1.165) is 22.4 Å². The van der Waals surface area contributed by atoms with Crippen LogP contribution in [0, 0.1) is 12.8 Å². The number of carbonyl (C=O) groups is 1. The Morgan fingerprint density at radius 2 is 2.22 bits per heavy atom. The lowest BCUT2D eigenvalue weighted by atomic mass is 10.2. The summed E-state index contributed by atoms with van der Waals surface area (Å²) in [5.41, 5.74) is 1.06. The number of hydrogen-bond acceptors (Lipinski definition) is 3. The maximum atomic E-state index is 11.5. The Labute approximate surface area is 117 Å². The number of amides is 1. The summed E-state index contributed by atoms with van der Waals surface area (Å²) in [6.07, 6.45) is 2.21. The van der Waals surface area contributed by atoms with Crippen molar-refractivity contribution in [3.8, 4) is 0 Å². The lowest BCUT2D eigenvalue weighted by molar-refractivity contribution is -0.120. The summed E-state index contributed by atoms with van der Waals surface area (Å²) in [7, 11) is 0. The molecule has 0 aliphatic rings. The van der Waals surface area contributed by atoms with E-state index in [1.54, 1.807) is 6.20 Å². The fourth-order valence-electron chi connectivity index (χ4n) is 1.43. The minimum Gasteiger partial charge on any atom is -0.369 e. The number of nitrogens with one attached hydrogen (secondary N) is 2. The fourth-order valence-corrected chi connectivity index (χ4v) is 1.87. The van der Waals surface area contributed by atoms with Crippen LogP contribution in [0.5, 0.6) is 0 Å². The molecule has 0 fully saturated rings. The third-order valence-corrected chi connectivity index (χ3v) is 2.83. The molecule has 0 spiro atoms. The second-order valence-corrected chi connectivity index (χ2v) is 5.61. The summed E-state index contributed by atoms with van der Waals surface area (Å²) in [4.78, 5) is 15.8. The highest BCUT2D eigenvalue weighted by Gasteiger charge is 2.04. The van der Waals surface area contributed by atoms with Crippen LogP contribution in [0.3, 0.4) is 0 Å². The smallest absolute Gasteiger partial charge is 0.221 e. The van der Waals surface area contributed by atoms with Crippen LogP contribution >= 0.6 is 15.9 Å². The van der Waals surface area contributed by atoms with Gasteiger partial charge in [-0.2, -0.15) is 0 Å². The monoisotopic (exact) mass is 313 g/mol. The average molecular weight is 314 g/mol. The zero-order valence-electron chi connectivity index (χ0n) is 11.1. The van der Waals surface area contributed by atoms with Gasteiger partial charge >= 0.3 is 0 Å². The van der Waals surface area contributed by atoms with Gasteiger partial charge in [0, 0.05) is 30.2 Å². The second-order valence-electron chi connectivity index (χ2n) is 4.69. The number of hydrogen-bond donors (Lipinski definition) is 2. The molecule has 5 heteroatoms. The van der Waals surface area contributed by atoms with Gasteiger partial charge in [-0.3, -0.25) is 4.79 Å². The van der Waals surface area contributed by atoms with Gasteiger partial charge in [0.15, 0.2) is 0 Å². The summed E-state index contributed by atoms with van der Waals surface area (Å²) in [5, 5.41) is 6.05. The predicted octanol–water partition coefficient (Wildman–Crippen LogP) is 2.73. The highest BCUT2D eigenvalue weighted by Crippen LogP contribution is 2.16. The maximum Gasteiger partial charge on any atom is 0.221 e. The van der Waals surface area contributed by atoms with Crippen LogP contribution < -0.4 is 10.6 Å². The zero-order chi connectivity index (χ0) is 13.5. The number of rotatable bonds is 6. The lowest BCUT2D eigenvalue weighted by Crippen LogP contribution is -2.28. The van der Waals surface area contributed by atoms with E-state index >= 15 is 0 Å². The number of aromatic nitrogens is 1. The van der Waals surface area contributed by atoms with E-state index in [4.69, 9.17) is 0 Å². The van der Waals surface area contributed by atoms with Crippen molar-refractivity contribution in [2.24, 2.45) is 5.92 Å². The molecule has 1 heterocycles. The highest BCUT2D eigenvalue weighted by molar-refractivity contribution is 9.10. The standard InChI is InChI=1S/C13H20BrN3O/c1-9(2)7-16-12(18)4-5-15-13-10(3)6-11(14)8-17-13/h6,8-9H,4-5,7H2,1-3H3,(H,15,17)(H,16,18). The molecule has 18 heavy (non-hydrogen) atoms. The van der Waals surface area contributed by atoms with Crippen molar-refractivity contribution in [1.29, 1.82) is 0 Å². The minimum atomic E-state index is 0.0750. The highest BCUT2D eigenvalue weighted by atomic mass is 79.9. The van der Waals surface area contributed by atoms with E-state index in [1.165, 1.54) is 0 Å². The van der Waals surface area contributed by atoms with Crippen molar-refractivity contribution in [1.82, 2.24) is 10.3 Å².